The van der Waals surface area contributed by atoms with Crippen LogP contribution in [0.5, 0.6) is 5.75 Å². The maximum atomic E-state index is 12.4. The first-order valence-corrected chi connectivity index (χ1v) is 6.16. The van der Waals surface area contributed by atoms with Gasteiger partial charge in [0.05, 0.1) is 13.7 Å². The molecule has 0 radical (unpaired) electrons. The van der Waals surface area contributed by atoms with Crippen LogP contribution < -0.4 is 10.1 Å². The molecule has 1 heterocycles. The van der Waals surface area contributed by atoms with E-state index in [0.29, 0.717) is 11.3 Å². The predicted molar refractivity (Wildman–Crippen MR) is 71.3 cm³/mol. The molecule has 0 aliphatic carbocycles. The molecule has 3 amide bonds. The van der Waals surface area contributed by atoms with Gasteiger partial charge in [-0.3, -0.25) is 14.5 Å². The van der Waals surface area contributed by atoms with Crippen molar-refractivity contribution < 1.29 is 19.1 Å². The first-order valence-electron chi connectivity index (χ1n) is 6.16. The van der Waals surface area contributed by atoms with Crippen LogP contribution in [0.2, 0.25) is 0 Å². The summed E-state index contributed by atoms with van der Waals surface area (Å²) in [6.45, 7) is 2.75. The Balaban J connectivity index is 2.32. The van der Waals surface area contributed by atoms with Crippen LogP contribution in [0.3, 0.4) is 0 Å². The van der Waals surface area contributed by atoms with Crippen molar-refractivity contribution in [3.05, 3.63) is 29.8 Å². The fourth-order valence-corrected chi connectivity index (χ4v) is 2.18. The lowest BCUT2D eigenvalue weighted by Gasteiger charge is -2.22. The number of imide groups is 1. The van der Waals surface area contributed by atoms with E-state index in [1.165, 1.54) is 6.92 Å². The predicted octanol–water partition coefficient (Wildman–Crippen LogP) is 1.05. The van der Waals surface area contributed by atoms with Crippen molar-refractivity contribution >= 4 is 17.7 Å². The molecule has 1 aromatic carbocycles. The number of Topliss-reactive ketones (excluding diaryl/α,β-unsaturated/α-hetero) is 1. The molecular weight excluding hydrogens is 260 g/mol. The Bertz CT molecular complexity index is 567. The van der Waals surface area contributed by atoms with Crippen molar-refractivity contribution in [1.29, 1.82) is 0 Å². The highest BCUT2D eigenvalue weighted by molar-refractivity contribution is 6.09. The van der Waals surface area contributed by atoms with Crippen LogP contribution in [0.15, 0.2) is 24.3 Å². The number of carbonyl (C=O) groups excluding carboxylic acids is 3. The van der Waals surface area contributed by atoms with Gasteiger partial charge in [-0.2, -0.15) is 0 Å². The summed E-state index contributed by atoms with van der Waals surface area (Å²) in [5, 5.41) is 2.63. The van der Waals surface area contributed by atoms with Gasteiger partial charge < -0.3 is 10.1 Å². The Hall–Kier alpha value is -2.37. The molecule has 1 aliphatic heterocycles. The first-order chi connectivity index (χ1) is 9.38. The monoisotopic (exact) mass is 276 g/mol. The number of nitrogens with zero attached hydrogens (tertiary/aromatic N) is 1. The van der Waals surface area contributed by atoms with Crippen molar-refractivity contribution in [2.45, 2.75) is 19.4 Å². The molecule has 20 heavy (non-hydrogen) atoms. The highest BCUT2D eigenvalue weighted by Crippen LogP contribution is 2.29. The molecule has 0 aromatic heterocycles. The SMILES string of the molecule is COc1ccc(C2(C)NC(=O)N(CC(C)=O)C2=O)cc1. The Morgan fingerprint density at radius 2 is 1.90 bits per heavy atom. The van der Waals surface area contributed by atoms with Gasteiger partial charge in [0.15, 0.2) is 0 Å². The summed E-state index contributed by atoms with van der Waals surface area (Å²) in [6.07, 6.45) is 0. The third kappa shape index (κ3) is 2.24. The van der Waals surface area contributed by atoms with Gasteiger partial charge in [0.25, 0.3) is 5.91 Å². The van der Waals surface area contributed by atoms with Gasteiger partial charge in [0, 0.05) is 0 Å². The van der Waals surface area contributed by atoms with E-state index in [-0.39, 0.29) is 12.3 Å². The number of urea groups is 1. The van der Waals surface area contributed by atoms with Gasteiger partial charge in [-0.05, 0) is 31.5 Å². The molecule has 0 spiro atoms. The standard InChI is InChI=1S/C14H16N2O4/c1-9(17)8-16-12(18)14(2,15-13(16)19)10-4-6-11(20-3)7-5-10/h4-7H,8H2,1-3H3,(H,15,19). The topological polar surface area (TPSA) is 75.7 Å². The fourth-order valence-electron chi connectivity index (χ4n) is 2.18. The summed E-state index contributed by atoms with van der Waals surface area (Å²) in [4.78, 5) is 36.3. The number of carbonyl (C=O) groups is 3. The van der Waals surface area contributed by atoms with E-state index in [9.17, 15) is 14.4 Å². The Labute approximate surface area is 116 Å². The van der Waals surface area contributed by atoms with E-state index in [1.807, 2.05) is 0 Å². The molecule has 1 saturated heterocycles. The van der Waals surface area contributed by atoms with Crippen LogP contribution in [0.4, 0.5) is 4.79 Å². The zero-order valence-corrected chi connectivity index (χ0v) is 11.6. The van der Waals surface area contributed by atoms with Crippen LogP contribution in [-0.2, 0) is 15.1 Å². The Morgan fingerprint density at radius 1 is 1.30 bits per heavy atom. The minimum Gasteiger partial charge on any atom is -0.497 e. The van der Waals surface area contributed by atoms with Crippen molar-refractivity contribution in [2.24, 2.45) is 0 Å². The van der Waals surface area contributed by atoms with E-state index in [1.54, 1.807) is 38.3 Å². The minimum absolute atomic E-state index is 0.212. The lowest BCUT2D eigenvalue weighted by molar-refractivity contribution is -0.133. The van der Waals surface area contributed by atoms with Crippen LogP contribution in [0.25, 0.3) is 0 Å². The van der Waals surface area contributed by atoms with Crippen LogP contribution in [0.1, 0.15) is 19.4 Å². The smallest absolute Gasteiger partial charge is 0.325 e. The van der Waals surface area contributed by atoms with Gasteiger partial charge in [0.2, 0.25) is 0 Å². The average Bonchev–Trinajstić information content (AvgIpc) is 2.63. The highest BCUT2D eigenvalue weighted by atomic mass is 16.5. The van der Waals surface area contributed by atoms with Gasteiger partial charge in [0.1, 0.15) is 17.1 Å². The lowest BCUT2D eigenvalue weighted by atomic mass is 9.92. The number of nitrogens with one attached hydrogen (secondary N) is 1. The van der Waals surface area contributed by atoms with Gasteiger partial charge >= 0.3 is 6.03 Å². The maximum absolute atomic E-state index is 12.4. The molecule has 1 aromatic rings. The molecule has 6 nitrogen and oxygen atoms in total. The first kappa shape index (κ1) is 14.0. The van der Waals surface area contributed by atoms with Gasteiger partial charge in [-0.15, -0.1) is 0 Å². The number of amides is 3. The van der Waals surface area contributed by atoms with E-state index in [0.717, 1.165) is 4.90 Å². The molecule has 1 atom stereocenters. The maximum Gasteiger partial charge on any atom is 0.325 e. The second-order valence-corrected chi connectivity index (χ2v) is 4.88. The summed E-state index contributed by atoms with van der Waals surface area (Å²) in [5.74, 6) is -0.00920. The normalized spacial score (nSPS) is 21.9. The van der Waals surface area contributed by atoms with E-state index in [2.05, 4.69) is 5.32 Å². The number of ketones is 1. The Morgan fingerprint density at radius 3 is 2.40 bits per heavy atom. The van der Waals surface area contributed by atoms with E-state index >= 15 is 0 Å². The van der Waals surface area contributed by atoms with Crippen molar-refractivity contribution in [3.8, 4) is 5.75 Å². The number of methoxy groups -OCH3 is 1. The third-order valence-electron chi connectivity index (χ3n) is 3.32. The second kappa shape index (κ2) is 4.96. The fraction of sp³-hybridized carbons (Fsp3) is 0.357. The van der Waals surface area contributed by atoms with Crippen LogP contribution >= 0.6 is 0 Å². The van der Waals surface area contributed by atoms with Gasteiger partial charge in [-0.1, -0.05) is 12.1 Å². The van der Waals surface area contributed by atoms with Crippen molar-refractivity contribution in [1.82, 2.24) is 10.2 Å². The zero-order valence-electron chi connectivity index (χ0n) is 11.6. The van der Waals surface area contributed by atoms with Crippen molar-refractivity contribution in [3.63, 3.8) is 0 Å². The number of ether oxygens (including phenoxy) is 1. The quantitative estimate of drug-likeness (QED) is 0.834. The summed E-state index contributed by atoms with van der Waals surface area (Å²) in [5.41, 5.74) is -0.513. The molecule has 1 N–H and O–H groups in total. The molecular formula is C14H16N2O4. The second-order valence-electron chi connectivity index (χ2n) is 4.88. The number of benzene rings is 1. The molecule has 6 heteroatoms. The largest absolute Gasteiger partial charge is 0.497 e. The van der Waals surface area contributed by atoms with Gasteiger partial charge in [-0.25, -0.2) is 4.79 Å². The third-order valence-corrected chi connectivity index (χ3v) is 3.32. The molecule has 0 bridgehead atoms. The number of hydrogen-bond acceptors (Lipinski definition) is 4. The zero-order chi connectivity index (χ0) is 14.9. The molecule has 1 fully saturated rings. The minimum atomic E-state index is -1.15. The molecule has 2 rings (SSSR count). The summed E-state index contributed by atoms with van der Waals surface area (Å²) < 4.78 is 5.06. The van der Waals surface area contributed by atoms with Crippen molar-refractivity contribution in [2.75, 3.05) is 13.7 Å². The van der Waals surface area contributed by atoms with Crippen LogP contribution in [0, 0.1) is 0 Å². The summed E-state index contributed by atoms with van der Waals surface area (Å²) in [6, 6.07) is 6.31. The summed E-state index contributed by atoms with van der Waals surface area (Å²) in [7, 11) is 1.55. The lowest BCUT2D eigenvalue weighted by Crippen LogP contribution is -2.41. The summed E-state index contributed by atoms with van der Waals surface area (Å²) >= 11 is 0. The average molecular weight is 276 g/mol. The Kier molecular flexibility index (Phi) is 3.48. The molecule has 0 saturated carbocycles. The molecule has 1 aliphatic rings. The molecule has 1 unspecified atom stereocenters. The highest BCUT2D eigenvalue weighted by Gasteiger charge is 2.49. The van der Waals surface area contributed by atoms with E-state index < -0.39 is 17.5 Å². The number of rotatable bonds is 4. The molecule has 106 valence electrons. The van der Waals surface area contributed by atoms with Crippen LogP contribution in [-0.4, -0.2) is 36.3 Å². The number of hydrogen-bond donors (Lipinski definition) is 1. The van der Waals surface area contributed by atoms with E-state index in [4.69, 9.17) is 4.74 Å².